The van der Waals surface area contributed by atoms with Crippen LogP contribution in [-0.2, 0) is 6.42 Å². The van der Waals surface area contributed by atoms with Gasteiger partial charge >= 0.3 is 0 Å². The van der Waals surface area contributed by atoms with Crippen molar-refractivity contribution in [1.29, 1.82) is 0 Å². The number of anilines is 1. The lowest BCUT2D eigenvalue weighted by atomic mass is 10.1. The van der Waals surface area contributed by atoms with E-state index in [1.165, 1.54) is 12.1 Å². The lowest BCUT2D eigenvalue weighted by Crippen LogP contribution is -2.17. The topological polar surface area (TPSA) is 24.9 Å². The maximum atomic E-state index is 12.7. The predicted molar refractivity (Wildman–Crippen MR) is 73.0 cm³/mol. The van der Waals surface area contributed by atoms with Crippen LogP contribution in [0, 0.1) is 5.82 Å². The van der Waals surface area contributed by atoms with Crippen LogP contribution in [-0.4, -0.2) is 11.0 Å². The van der Waals surface area contributed by atoms with Crippen molar-refractivity contribution in [3.63, 3.8) is 0 Å². The van der Waals surface area contributed by atoms with E-state index in [0.29, 0.717) is 0 Å². The minimum Gasteiger partial charge on any atom is -0.359 e. The molecule has 1 heterocycles. The third kappa shape index (κ3) is 3.78. The van der Waals surface area contributed by atoms with Gasteiger partial charge in [0.15, 0.2) is 5.13 Å². The molecule has 0 aliphatic heterocycles. The normalized spacial score (nSPS) is 12.4. The number of hydrogen-bond acceptors (Lipinski definition) is 3. The van der Waals surface area contributed by atoms with E-state index >= 15 is 0 Å². The molecule has 2 nitrogen and oxygen atoms in total. The second-order valence-corrected chi connectivity index (χ2v) is 5.52. The average molecular weight is 315 g/mol. The van der Waals surface area contributed by atoms with E-state index in [1.54, 1.807) is 11.3 Å². The van der Waals surface area contributed by atoms with Crippen LogP contribution in [0.3, 0.4) is 0 Å². The van der Waals surface area contributed by atoms with Crippen molar-refractivity contribution in [2.24, 2.45) is 0 Å². The molecule has 90 valence electrons. The van der Waals surface area contributed by atoms with Gasteiger partial charge in [0.1, 0.15) is 10.4 Å². The monoisotopic (exact) mass is 314 g/mol. The molecule has 0 aliphatic carbocycles. The van der Waals surface area contributed by atoms with E-state index in [1.807, 2.05) is 17.5 Å². The molecular formula is C12H12BrFN2S. The molecule has 0 radical (unpaired) electrons. The Labute approximate surface area is 112 Å². The second-order valence-electron chi connectivity index (χ2n) is 3.85. The number of aromatic nitrogens is 1. The molecule has 17 heavy (non-hydrogen) atoms. The molecule has 1 atom stereocenters. The van der Waals surface area contributed by atoms with Gasteiger partial charge in [0.2, 0.25) is 0 Å². The van der Waals surface area contributed by atoms with Crippen LogP contribution in [0.25, 0.3) is 0 Å². The van der Waals surface area contributed by atoms with Crippen LogP contribution in [0.1, 0.15) is 12.5 Å². The van der Waals surface area contributed by atoms with E-state index in [4.69, 9.17) is 0 Å². The number of hydrogen-bond donors (Lipinski definition) is 1. The summed E-state index contributed by atoms with van der Waals surface area (Å²) < 4.78 is 13.6. The number of nitrogens with one attached hydrogen (secondary N) is 1. The first-order valence-electron chi connectivity index (χ1n) is 5.25. The van der Waals surface area contributed by atoms with Gasteiger partial charge < -0.3 is 5.32 Å². The van der Waals surface area contributed by atoms with Gasteiger partial charge in [-0.25, -0.2) is 9.37 Å². The summed E-state index contributed by atoms with van der Waals surface area (Å²) in [6.45, 7) is 2.08. The molecular weight excluding hydrogens is 303 g/mol. The second kappa shape index (κ2) is 5.60. The van der Waals surface area contributed by atoms with Gasteiger partial charge in [0, 0.05) is 11.4 Å². The zero-order valence-electron chi connectivity index (χ0n) is 9.28. The summed E-state index contributed by atoms with van der Waals surface area (Å²) in [5.41, 5.74) is 1.11. The van der Waals surface area contributed by atoms with Gasteiger partial charge in [-0.1, -0.05) is 12.1 Å². The number of nitrogens with zero attached hydrogens (tertiary/aromatic N) is 1. The summed E-state index contributed by atoms with van der Waals surface area (Å²) in [7, 11) is 0. The fourth-order valence-corrected chi connectivity index (χ4v) is 2.81. The maximum Gasteiger partial charge on any atom is 0.183 e. The fraction of sp³-hybridized carbons (Fsp3) is 0.250. The van der Waals surface area contributed by atoms with Crippen molar-refractivity contribution in [3.8, 4) is 0 Å². The maximum absolute atomic E-state index is 12.7. The highest BCUT2D eigenvalue weighted by Gasteiger charge is 2.06. The zero-order valence-corrected chi connectivity index (χ0v) is 11.7. The highest BCUT2D eigenvalue weighted by atomic mass is 79.9. The molecule has 5 heteroatoms. The third-order valence-electron chi connectivity index (χ3n) is 2.30. The van der Waals surface area contributed by atoms with Gasteiger partial charge in [-0.3, -0.25) is 0 Å². The van der Waals surface area contributed by atoms with Crippen molar-refractivity contribution >= 4 is 32.4 Å². The SMILES string of the molecule is CC(Cc1ccc(F)cc1)Nc1nc(Br)cs1. The number of rotatable bonds is 4. The van der Waals surface area contributed by atoms with Crippen LogP contribution in [0.4, 0.5) is 9.52 Å². The lowest BCUT2D eigenvalue weighted by molar-refractivity contribution is 0.626. The highest BCUT2D eigenvalue weighted by Crippen LogP contribution is 2.20. The van der Waals surface area contributed by atoms with E-state index < -0.39 is 0 Å². The summed E-state index contributed by atoms with van der Waals surface area (Å²) in [6, 6.07) is 6.86. The Morgan fingerprint density at radius 3 is 2.71 bits per heavy atom. The predicted octanol–water partition coefficient (Wildman–Crippen LogP) is 4.09. The molecule has 0 saturated carbocycles. The molecule has 0 aliphatic rings. The minimum atomic E-state index is -0.196. The standard InChI is InChI=1S/C12H12BrFN2S/c1-8(15-12-16-11(13)7-17-12)6-9-2-4-10(14)5-3-9/h2-5,7-8H,6H2,1H3,(H,15,16). The van der Waals surface area contributed by atoms with Crippen LogP contribution in [0.5, 0.6) is 0 Å². The summed E-state index contributed by atoms with van der Waals surface area (Å²) in [6.07, 6.45) is 0.845. The first-order valence-corrected chi connectivity index (χ1v) is 6.93. The zero-order chi connectivity index (χ0) is 12.3. The summed E-state index contributed by atoms with van der Waals surface area (Å²) in [5.74, 6) is -0.196. The summed E-state index contributed by atoms with van der Waals surface area (Å²) >= 11 is 4.88. The lowest BCUT2D eigenvalue weighted by Gasteiger charge is -2.12. The van der Waals surface area contributed by atoms with Gasteiger partial charge in [-0.2, -0.15) is 0 Å². The van der Waals surface area contributed by atoms with Crippen molar-refractivity contribution in [2.45, 2.75) is 19.4 Å². The Kier molecular flexibility index (Phi) is 4.12. The molecule has 0 fully saturated rings. The van der Waals surface area contributed by atoms with Crippen LogP contribution in [0.2, 0.25) is 0 Å². The Balaban J connectivity index is 1.93. The molecule has 0 amide bonds. The van der Waals surface area contributed by atoms with Gasteiger partial charge in [0.25, 0.3) is 0 Å². The van der Waals surface area contributed by atoms with E-state index in [2.05, 4.69) is 33.2 Å². The van der Waals surface area contributed by atoms with Gasteiger partial charge in [-0.05, 0) is 47.0 Å². The molecule has 0 bridgehead atoms. The molecule has 1 unspecified atom stereocenters. The Hall–Kier alpha value is -0.940. The number of benzene rings is 1. The minimum absolute atomic E-state index is 0.196. The Bertz CT molecular complexity index is 484. The molecule has 2 rings (SSSR count). The molecule has 2 aromatic rings. The van der Waals surface area contributed by atoms with Crippen molar-refractivity contribution in [2.75, 3.05) is 5.32 Å². The largest absolute Gasteiger partial charge is 0.359 e. The molecule has 1 N–H and O–H groups in total. The number of halogens is 2. The van der Waals surface area contributed by atoms with Crippen molar-refractivity contribution < 1.29 is 4.39 Å². The first kappa shape index (κ1) is 12.5. The van der Waals surface area contributed by atoms with Gasteiger partial charge in [0.05, 0.1) is 0 Å². The smallest absolute Gasteiger partial charge is 0.183 e. The van der Waals surface area contributed by atoms with E-state index in [9.17, 15) is 4.39 Å². The van der Waals surface area contributed by atoms with Crippen LogP contribution < -0.4 is 5.32 Å². The highest BCUT2D eigenvalue weighted by molar-refractivity contribution is 9.10. The van der Waals surface area contributed by atoms with Crippen LogP contribution in [0.15, 0.2) is 34.2 Å². The summed E-state index contributed by atoms with van der Waals surface area (Å²) in [5, 5.41) is 6.14. The molecule has 1 aromatic heterocycles. The third-order valence-corrected chi connectivity index (χ3v) is 3.78. The molecule has 0 spiro atoms. The first-order chi connectivity index (χ1) is 8.13. The van der Waals surface area contributed by atoms with Gasteiger partial charge in [-0.15, -0.1) is 11.3 Å². The Morgan fingerprint density at radius 1 is 1.41 bits per heavy atom. The van der Waals surface area contributed by atoms with Crippen molar-refractivity contribution in [1.82, 2.24) is 4.98 Å². The van der Waals surface area contributed by atoms with Crippen molar-refractivity contribution in [3.05, 3.63) is 45.6 Å². The molecule has 0 saturated heterocycles. The average Bonchev–Trinajstić information content (AvgIpc) is 2.67. The number of thiazole rings is 1. The molecule has 1 aromatic carbocycles. The quantitative estimate of drug-likeness (QED) is 0.919. The fourth-order valence-electron chi connectivity index (χ4n) is 1.56. The Morgan fingerprint density at radius 2 is 2.12 bits per heavy atom. The van der Waals surface area contributed by atoms with Crippen LogP contribution >= 0.6 is 27.3 Å². The summed E-state index contributed by atoms with van der Waals surface area (Å²) in [4.78, 5) is 4.27. The van der Waals surface area contributed by atoms with E-state index in [0.717, 1.165) is 21.7 Å². The van der Waals surface area contributed by atoms with E-state index in [-0.39, 0.29) is 11.9 Å².